The minimum atomic E-state index is -0.0484. The minimum Gasteiger partial charge on any atom is -0.390 e. The molecule has 0 unspecified atom stereocenters. The first-order valence-electron chi connectivity index (χ1n) is 4.07. The zero-order valence-electron chi connectivity index (χ0n) is 6.70. The monoisotopic (exact) mass is 165 g/mol. The van der Waals surface area contributed by atoms with Crippen molar-refractivity contribution in [2.45, 2.75) is 25.5 Å². The maximum absolute atomic E-state index is 8.78. The van der Waals surface area contributed by atoms with Gasteiger partial charge in [0.2, 0.25) is 0 Å². The molecule has 0 aromatic carbocycles. The highest BCUT2D eigenvalue weighted by atomic mass is 16.3. The summed E-state index contributed by atoms with van der Waals surface area (Å²) in [6, 6.07) is 0.577. The second-order valence-corrected chi connectivity index (χ2v) is 2.97. The average molecular weight is 165 g/mol. The lowest BCUT2D eigenvalue weighted by Gasteiger charge is -2.02. The summed E-state index contributed by atoms with van der Waals surface area (Å²) in [6.07, 6.45) is 5.67. The lowest BCUT2D eigenvalue weighted by Crippen LogP contribution is -2.04. The number of aliphatic hydroxyl groups is 1. The van der Waals surface area contributed by atoms with Crippen LogP contribution < -0.4 is 5.32 Å². The van der Waals surface area contributed by atoms with Crippen molar-refractivity contribution in [3.8, 4) is 0 Å². The molecule has 0 amide bonds. The van der Waals surface area contributed by atoms with Crippen LogP contribution in [-0.2, 0) is 6.61 Å². The highest BCUT2D eigenvalue weighted by Gasteiger charge is 2.21. The highest BCUT2D eigenvalue weighted by molar-refractivity contribution is 5.34. The van der Waals surface area contributed by atoms with Gasteiger partial charge in [-0.05, 0) is 12.8 Å². The maximum atomic E-state index is 8.78. The van der Waals surface area contributed by atoms with E-state index in [2.05, 4.69) is 15.3 Å². The molecule has 1 aromatic rings. The lowest BCUT2D eigenvalue weighted by molar-refractivity contribution is 0.276. The van der Waals surface area contributed by atoms with Crippen LogP contribution in [0.1, 0.15) is 18.5 Å². The first kappa shape index (κ1) is 7.49. The van der Waals surface area contributed by atoms with Crippen LogP contribution in [0.2, 0.25) is 0 Å². The number of hydrogen-bond acceptors (Lipinski definition) is 4. The van der Waals surface area contributed by atoms with Crippen molar-refractivity contribution in [2.75, 3.05) is 5.32 Å². The Hall–Kier alpha value is -1.16. The normalized spacial score (nSPS) is 16.1. The lowest BCUT2D eigenvalue weighted by atomic mass is 10.5. The molecule has 0 spiro atoms. The van der Waals surface area contributed by atoms with Crippen LogP contribution in [0.25, 0.3) is 0 Å². The fourth-order valence-electron chi connectivity index (χ4n) is 0.989. The van der Waals surface area contributed by atoms with E-state index in [1.807, 2.05) is 0 Å². The Morgan fingerprint density at radius 3 is 3.00 bits per heavy atom. The zero-order chi connectivity index (χ0) is 8.39. The Morgan fingerprint density at radius 1 is 1.50 bits per heavy atom. The van der Waals surface area contributed by atoms with Gasteiger partial charge >= 0.3 is 0 Å². The molecule has 1 aliphatic carbocycles. The van der Waals surface area contributed by atoms with Gasteiger partial charge in [-0.15, -0.1) is 0 Å². The van der Waals surface area contributed by atoms with Gasteiger partial charge in [-0.1, -0.05) is 0 Å². The predicted molar refractivity (Wildman–Crippen MR) is 44.6 cm³/mol. The third-order valence-electron chi connectivity index (χ3n) is 1.78. The number of aromatic nitrogens is 2. The number of nitrogens with zero attached hydrogens (tertiary/aromatic N) is 2. The van der Waals surface area contributed by atoms with Gasteiger partial charge in [-0.3, -0.25) is 4.98 Å². The standard InChI is InChI=1S/C8H11N3O/c12-5-7-3-9-4-8(11-7)10-6-1-2-6/h3-4,6,12H,1-2,5H2,(H,10,11). The first-order chi connectivity index (χ1) is 5.88. The second-order valence-electron chi connectivity index (χ2n) is 2.97. The molecule has 0 bridgehead atoms. The van der Waals surface area contributed by atoms with Crippen molar-refractivity contribution in [3.05, 3.63) is 18.1 Å². The molecule has 0 saturated heterocycles. The Kier molecular flexibility index (Phi) is 1.91. The van der Waals surface area contributed by atoms with Gasteiger partial charge in [-0.25, -0.2) is 4.98 Å². The van der Waals surface area contributed by atoms with E-state index in [0.29, 0.717) is 11.7 Å². The number of nitrogens with one attached hydrogen (secondary N) is 1. The van der Waals surface area contributed by atoms with E-state index < -0.39 is 0 Å². The van der Waals surface area contributed by atoms with E-state index in [1.54, 1.807) is 12.4 Å². The Labute approximate surface area is 70.7 Å². The zero-order valence-corrected chi connectivity index (χ0v) is 6.70. The fraction of sp³-hybridized carbons (Fsp3) is 0.500. The molecule has 1 saturated carbocycles. The molecule has 4 heteroatoms. The fourth-order valence-corrected chi connectivity index (χ4v) is 0.989. The molecule has 12 heavy (non-hydrogen) atoms. The summed E-state index contributed by atoms with van der Waals surface area (Å²) in [5.41, 5.74) is 0.612. The quantitative estimate of drug-likeness (QED) is 0.686. The summed E-state index contributed by atoms with van der Waals surface area (Å²) in [5.74, 6) is 0.768. The van der Waals surface area contributed by atoms with Crippen molar-refractivity contribution in [1.29, 1.82) is 0 Å². The SMILES string of the molecule is OCc1cncc(NC2CC2)n1. The molecule has 4 nitrogen and oxygen atoms in total. The van der Waals surface area contributed by atoms with E-state index in [9.17, 15) is 0 Å². The Balaban J connectivity index is 2.08. The third kappa shape index (κ3) is 1.71. The van der Waals surface area contributed by atoms with Crippen molar-refractivity contribution < 1.29 is 5.11 Å². The predicted octanol–water partition coefficient (Wildman–Crippen LogP) is 0.543. The molecular weight excluding hydrogens is 154 g/mol. The molecule has 0 aliphatic heterocycles. The van der Waals surface area contributed by atoms with Crippen LogP contribution in [0.3, 0.4) is 0 Å². The molecule has 1 heterocycles. The van der Waals surface area contributed by atoms with Gasteiger partial charge in [-0.2, -0.15) is 0 Å². The number of anilines is 1. The van der Waals surface area contributed by atoms with E-state index in [4.69, 9.17) is 5.11 Å². The summed E-state index contributed by atoms with van der Waals surface area (Å²) in [7, 11) is 0. The van der Waals surface area contributed by atoms with Crippen molar-refractivity contribution in [3.63, 3.8) is 0 Å². The molecule has 1 aromatic heterocycles. The summed E-state index contributed by atoms with van der Waals surface area (Å²) < 4.78 is 0. The van der Waals surface area contributed by atoms with Crippen LogP contribution in [0.15, 0.2) is 12.4 Å². The number of hydrogen-bond donors (Lipinski definition) is 2. The largest absolute Gasteiger partial charge is 0.390 e. The Bertz CT molecular complexity index is 273. The summed E-state index contributed by atoms with van der Waals surface area (Å²) >= 11 is 0. The molecule has 2 N–H and O–H groups in total. The molecule has 0 radical (unpaired) electrons. The second kappa shape index (κ2) is 3.06. The van der Waals surface area contributed by atoms with E-state index in [-0.39, 0.29) is 6.61 Å². The van der Waals surface area contributed by atoms with Gasteiger partial charge < -0.3 is 10.4 Å². The molecular formula is C8H11N3O. The Morgan fingerprint density at radius 2 is 2.33 bits per heavy atom. The summed E-state index contributed by atoms with van der Waals surface area (Å²) in [4.78, 5) is 8.10. The van der Waals surface area contributed by atoms with Gasteiger partial charge in [0.25, 0.3) is 0 Å². The smallest absolute Gasteiger partial charge is 0.145 e. The van der Waals surface area contributed by atoms with Gasteiger partial charge in [0.1, 0.15) is 5.82 Å². The molecule has 1 aliphatic rings. The van der Waals surface area contributed by atoms with Gasteiger partial charge in [0, 0.05) is 6.04 Å². The van der Waals surface area contributed by atoms with Gasteiger partial charge in [0.15, 0.2) is 0 Å². The van der Waals surface area contributed by atoms with Gasteiger partial charge in [0.05, 0.1) is 24.7 Å². The van der Waals surface area contributed by atoms with Crippen LogP contribution in [0.5, 0.6) is 0 Å². The van der Waals surface area contributed by atoms with Crippen molar-refractivity contribution in [2.24, 2.45) is 0 Å². The van der Waals surface area contributed by atoms with E-state index in [1.165, 1.54) is 12.8 Å². The van der Waals surface area contributed by atoms with Crippen LogP contribution >= 0.6 is 0 Å². The average Bonchev–Trinajstić information content (AvgIpc) is 2.89. The third-order valence-corrected chi connectivity index (χ3v) is 1.78. The first-order valence-corrected chi connectivity index (χ1v) is 4.07. The van der Waals surface area contributed by atoms with Crippen LogP contribution in [0.4, 0.5) is 5.82 Å². The van der Waals surface area contributed by atoms with E-state index >= 15 is 0 Å². The topological polar surface area (TPSA) is 58.0 Å². The number of rotatable bonds is 3. The number of aliphatic hydroxyl groups excluding tert-OH is 1. The van der Waals surface area contributed by atoms with Crippen molar-refractivity contribution in [1.82, 2.24) is 9.97 Å². The van der Waals surface area contributed by atoms with Crippen LogP contribution in [-0.4, -0.2) is 21.1 Å². The van der Waals surface area contributed by atoms with Crippen LogP contribution in [0, 0.1) is 0 Å². The molecule has 1 fully saturated rings. The molecule has 2 rings (SSSR count). The van der Waals surface area contributed by atoms with Crippen molar-refractivity contribution >= 4 is 5.82 Å². The molecule has 0 atom stereocenters. The molecule has 64 valence electrons. The summed E-state index contributed by atoms with van der Waals surface area (Å²) in [6.45, 7) is -0.0484. The summed E-state index contributed by atoms with van der Waals surface area (Å²) in [5, 5.41) is 12.0. The highest BCUT2D eigenvalue weighted by Crippen LogP contribution is 2.23. The maximum Gasteiger partial charge on any atom is 0.145 e. The van der Waals surface area contributed by atoms with E-state index in [0.717, 1.165) is 5.82 Å². The minimum absolute atomic E-state index is 0.0484.